The molecule has 0 saturated heterocycles. The van der Waals surface area contributed by atoms with Gasteiger partial charge >= 0.3 is 5.97 Å². The van der Waals surface area contributed by atoms with Gasteiger partial charge in [0.05, 0.1) is 11.1 Å². The minimum Gasteiger partial charge on any atom is -0.478 e. The third-order valence-corrected chi connectivity index (χ3v) is 4.70. The number of nitrogens with zero attached hydrogens (tertiary/aromatic N) is 1. The summed E-state index contributed by atoms with van der Waals surface area (Å²) in [6, 6.07) is 3.73. The average Bonchev–Trinajstić information content (AvgIpc) is 2.74. The van der Waals surface area contributed by atoms with Gasteiger partial charge in [0, 0.05) is 17.6 Å². The molecule has 0 atom stereocenters. The fourth-order valence-corrected chi connectivity index (χ4v) is 3.44. The van der Waals surface area contributed by atoms with Gasteiger partial charge in [-0.3, -0.25) is 0 Å². The van der Waals surface area contributed by atoms with Gasteiger partial charge in [0.1, 0.15) is 0 Å². The highest BCUT2D eigenvalue weighted by Gasteiger charge is 2.25. The van der Waals surface area contributed by atoms with Gasteiger partial charge in [-0.2, -0.15) is 0 Å². The second kappa shape index (κ2) is 6.38. The number of fused-ring (bicyclic) bond motifs is 1. The first-order chi connectivity index (χ1) is 10.7. The number of aromatic nitrogens is 1. The molecule has 1 heterocycles. The summed E-state index contributed by atoms with van der Waals surface area (Å²) in [5.74, 6) is -0.847. The van der Waals surface area contributed by atoms with Crippen LogP contribution >= 0.6 is 0 Å². The monoisotopic (exact) mass is 315 g/mol. The summed E-state index contributed by atoms with van der Waals surface area (Å²) in [7, 11) is 0. The topological polar surface area (TPSA) is 42.2 Å². The van der Waals surface area contributed by atoms with Crippen molar-refractivity contribution in [3.8, 4) is 0 Å². The molecule has 0 amide bonds. The summed E-state index contributed by atoms with van der Waals surface area (Å²) in [5, 5.41) is 10.7. The van der Waals surface area contributed by atoms with Crippen LogP contribution in [0.3, 0.4) is 0 Å². The largest absolute Gasteiger partial charge is 0.478 e. The van der Waals surface area contributed by atoms with E-state index in [-0.39, 0.29) is 5.41 Å². The summed E-state index contributed by atoms with van der Waals surface area (Å²) in [5.41, 5.74) is 5.24. The molecule has 1 aromatic carbocycles. The second-order valence-electron chi connectivity index (χ2n) is 7.39. The molecule has 0 fully saturated rings. The van der Waals surface area contributed by atoms with Crippen molar-refractivity contribution < 1.29 is 9.90 Å². The fraction of sp³-hybridized carbons (Fsp3) is 0.550. The van der Waals surface area contributed by atoms with Crippen LogP contribution in [0.4, 0.5) is 0 Å². The standard InChI is InChI=1S/C20H29NO2/c1-7-9-10-15-13(3)21(8-2)18-16(15)11-14(19(22)23)12-17(18)20(4,5)6/h11-12H,7-10H2,1-6H3,(H,22,23). The lowest BCUT2D eigenvalue weighted by Crippen LogP contribution is -2.15. The van der Waals surface area contributed by atoms with E-state index in [9.17, 15) is 9.90 Å². The molecule has 1 aromatic heterocycles. The Morgan fingerprint density at radius 2 is 1.87 bits per heavy atom. The van der Waals surface area contributed by atoms with Crippen LogP contribution in [0.2, 0.25) is 0 Å². The van der Waals surface area contributed by atoms with Crippen molar-refractivity contribution in [2.24, 2.45) is 0 Å². The van der Waals surface area contributed by atoms with Crippen molar-refractivity contribution in [2.75, 3.05) is 0 Å². The highest BCUT2D eigenvalue weighted by Crippen LogP contribution is 2.36. The Bertz CT molecular complexity index is 732. The van der Waals surface area contributed by atoms with Crippen LogP contribution < -0.4 is 0 Å². The van der Waals surface area contributed by atoms with E-state index >= 15 is 0 Å². The van der Waals surface area contributed by atoms with E-state index in [2.05, 4.69) is 46.1 Å². The summed E-state index contributed by atoms with van der Waals surface area (Å²) < 4.78 is 2.35. The van der Waals surface area contributed by atoms with Crippen LogP contribution in [0.1, 0.15) is 74.6 Å². The van der Waals surface area contributed by atoms with Crippen molar-refractivity contribution in [2.45, 2.75) is 72.8 Å². The number of carboxylic acid groups (broad SMARTS) is 1. The van der Waals surface area contributed by atoms with Crippen LogP contribution in [-0.4, -0.2) is 15.6 Å². The van der Waals surface area contributed by atoms with E-state index in [1.165, 1.54) is 16.8 Å². The Morgan fingerprint density at radius 3 is 2.35 bits per heavy atom. The summed E-state index contributed by atoms with van der Waals surface area (Å²) in [6.45, 7) is 13.9. The lowest BCUT2D eigenvalue weighted by atomic mass is 9.84. The Morgan fingerprint density at radius 1 is 1.22 bits per heavy atom. The van der Waals surface area contributed by atoms with Gasteiger partial charge in [-0.05, 0) is 55.4 Å². The molecule has 3 heteroatoms. The predicted octanol–water partition coefficient (Wildman–Crippen LogP) is 5.31. The SMILES string of the molecule is CCCCc1c(C)n(CC)c2c(C(C)(C)C)cc(C(=O)O)cc12. The molecule has 0 saturated carbocycles. The fourth-order valence-electron chi connectivity index (χ4n) is 3.44. The molecule has 0 aliphatic heterocycles. The zero-order valence-electron chi connectivity index (χ0n) is 15.3. The zero-order valence-corrected chi connectivity index (χ0v) is 15.3. The molecule has 3 nitrogen and oxygen atoms in total. The maximum absolute atomic E-state index is 11.6. The number of carbonyl (C=O) groups is 1. The van der Waals surface area contributed by atoms with Crippen molar-refractivity contribution >= 4 is 16.9 Å². The van der Waals surface area contributed by atoms with E-state index < -0.39 is 5.97 Å². The minimum atomic E-state index is -0.847. The molecule has 0 aliphatic rings. The molecule has 2 aromatic rings. The van der Waals surface area contributed by atoms with E-state index in [1.54, 1.807) is 0 Å². The van der Waals surface area contributed by atoms with Crippen LogP contribution in [0, 0.1) is 6.92 Å². The molecule has 0 radical (unpaired) electrons. The van der Waals surface area contributed by atoms with E-state index in [0.717, 1.165) is 36.8 Å². The van der Waals surface area contributed by atoms with Gasteiger partial charge in [0.15, 0.2) is 0 Å². The lowest BCUT2D eigenvalue weighted by Gasteiger charge is -2.22. The maximum atomic E-state index is 11.6. The third-order valence-electron chi connectivity index (χ3n) is 4.70. The van der Waals surface area contributed by atoms with Gasteiger partial charge in [-0.25, -0.2) is 4.79 Å². The highest BCUT2D eigenvalue weighted by molar-refractivity contribution is 5.97. The quantitative estimate of drug-likeness (QED) is 0.812. The van der Waals surface area contributed by atoms with Gasteiger partial charge in [0.2, 0.25) is 0 Å². The summed E-state index contributed by atoms with van der Waals surface area (Å²) in [6.07, 6.45) is 3.29. The van der Waals surface area contributed by atoms with Crippen LogP contribution in [-0.2, 0) is 18.4 Å². The number of aryl methyl sites for hydroxylation is 2. The molecule has 2 rings (SSSR count). The first-order valence-corrected chi connectivity index (χ1v) is 8.61. The van der Waals surface area contributed by atoms with Gasteiger partial charge in [-0.15, -0.1) is 0 Å². The van der Waals surface area contributed by atoms with Crippen LogP contribution in [0.15, 0.2) is 12.1 Å². The molecule has 126 valence electrons. The number of benzene rings is 1. The molecule has 0 unspecified atom stereocenters. The van der Waals surface area contributed by atoms with Gasteiger partial charge < -0.3 is 9.67 Å². The van der Waals surface area contributed by atoms with Crippen LogP contribution in [0.25, 0.3) is 10.9 Å². The van der Waals surface area contributed by atoms with Crippen molar-refractivity contribution in [1.82, 2.24) is 4.57 Å². The zero-order chi connectivity index (χ0) is 17.4. The Kier molecular flexibility index (Phi) is 4.88. The van der Waals surface area contributed by atoms with Crippen molar-refractivity contribution in [3.63, 3.8) is 0 Å². The number of aromatic carboxylic acids is 1. The molecule has 1 N–H and O–H groups in total. The highest BCUT2D eigenvalue weighted by atomic mass is 16.4. The second-order valence-corrected chi connectivity index (χ2v) is 7.39. The van der Waals surface area contributed by atoms with Crippen molar-refractivity contribution in [3.05, 3.63) is 34.5 Å². The summed E-state index contributed by atoms with van der Waals surface area (Å²) >= 11 is 0. The molecular formula is C20H29NO2. The molecule has 0 aliphatic carbocycles. The van der Waals surface area contributed by atoms with Crippen molar-refractivity contribution in [1.29, 1.82) is 0 Å². The Hall–Kier alpha value is -1.77. The van der Waals surface area contributed by atoms with E-state index in [0.29, 0.717) is 5.56 Å². The maximum Gasteiger partial charge on any atom is 0.335 e. The number of unbranched alkanes of at least 4 members (excludes halogenated alkanes) is 1. The molecular weight excluding hydrogens is 286 g/mol. The van der Waals surface area contributed by atoms with Gasteiger partial charge in [-0.1, -0.05) is 34.1 Å². The normalized spacial score (nSPS) is 12.1. The molecule has 0 spiro atoms. The lowest BCUT2D eigenvalue weighted by molar-refractivity contribution is 0.0697. The first kappa shape index (κ1) is 17.6. The van der Waals surface area contributed by atoms with E-state index in [4.69, 9.17) is 0 Å². The summed E-state index contributed by atoms with van der Waals surface area (Å²) in [4.78, 5) is 11.6. The number of rotatable bonds is 5. The van der Waals surface area contributed by atoms with Gasteiger partial charge in [0.25, 0.3) is 0 Å². The smallest absolute Gasteiger partial charge is 0.335 e. The van der Waals surface area contributed by atoms with E-state index in [1.807, 2.05) is 12.1 Å². The van der Waals surface area contributed by atoms with Crippen LogP contribution in [0.5, 0.6) is 0 Å². The number of carboxylic acids is 1. The Labute approximate surface area is 139 Å². The molecule has 23 heavy (non-hydrogen) atoms. The minimum absolute atomic E-state index is 0.0938. The first-order valence-electron chi connectivity index (χ1n) is 8.61. The molecule has 0 bridgehead atoms. The predicted molar refractivity (Wildman–Crippen MR) is 96.6 cm³/mol. The average molecular weight is 315 g/mol. The third kappa shape index (κ3) is 3.15. The number of hydrogen-bond acceptors (Lipinski definition) is 1. The number of hydrogen-bond donors (Lipinski definition) is 1. The Balaban J connectivity index is 2.90.